The number of ketones is 1. The minimum absolute atomic E-state index is 0.0135. The summed E-state index contributed by atoms with van der Waals surface area (Å²) < 4.78 is 0. The first kappa shape index (κ1) is 15.4. The van der Waals surface area contributed by atoms with Crippen LogP contribution in [0.1, 0.15) is 31.1 Å². The first-order valence-corrected chi connectivity index (χ1v) is 7.09. The molecular formula is C17H16ClNO2. The maximum absolute atomic E-state index is 12.2. The van der Waals surface area contributed by atoms with E-state index in [0.29, 0.717) is 27.4 Å². The monoisotopic (exact) mass is 301 g/mol. The third-order valence-corrected chi connectivity index (χ3v) is 3.52. The van der Waals surface area contributed by atoms with Crippen LogP contribution in [-0.2, 0) is 4.79 Å². The highest BCUT2D eigenvalue weighted by Gasteiger charge is 2.19. The van der Waals surface area contributed by atoms with Gasteiger partial charge in [-0.2, -0.15) is 0 Å². The van der Waals surface area contributed by atoms with Gasteiger partial charge in [-0.05, 0) is 54.8 Å². The van der Waals surface area contributed by atoms with Crippen LogP contribution in [0.2, 0.25) is 5.02 Å². The Labute approximate surface area is 129 Å². The lowest BCUT2D eigenvalue weighted by atomic mass is 9.90. The molecule has 108 valence electrons. The van der Waals surface area contributed by atoms with Crippen LogP contribution in [-0.4, -0.2) is 17.4 Å². The van der Waals surface area contributed by atoms with Crippen LogP contribution < -0.4 is 0 Å². The van der Waals surface area contributed by atoms with E-state index in [2.05, 4.69) is 4.99 Å². The summed E-state index contributed by atoms with van der Waals surface area (Å²) in [5.41, 5.74) is 2.38. The van der Waals surface area contributed by atoms with Crippen LogP contribution in [0.4, 0.5) is 0 Å². The molecule has 1 aromatic rings. The fraction of sp³-hybridized carbons (Fsp3) is 0.235. The number of aliphatic imine (C=N–C) groups is 1. The first-order valence-electron chi connectivity index (χ1n) is 6.71. The molecule has 0 spiro atoms. The number of hydrogen-bond acceptors (Lipinski definition) is 2. The quantitative estimate of drug-likeness (QED) is 0.774. The molecule has 1 amide bonds. The Bertz CT molecular complexity index is 679. The van der Waals surface area contributed by atoms with E-state index in [-0.39, 0.29) is 17.6 Å². The van der Waals surface area contributed by atoms with Crippen molar-refractivity contribution in [1.82, 2.24) is 0 Å². The number of benzene rings is 1. The van der Waals surface area contributed by atoms with E-state index in [4.69, 9.17) is 11.6 Å². The highest BCUT2D eigenvalue weighted by atomic mass is 35.5. The van der Waals surface area contributed by atoms with Crippen molar-refractivity contribution in [1.29, 1.82) is 0 Å². The molecule has 1 aliphatic rings. The van der Waals surface area contributed by atoms with Crippen molar-refractivity contribution in [3.8, 4) is 0 Å². The molecule has 0 fully saturated rings. The zero-order valence-electron chi connectivity index (χ0n) is 12.2. The number of hydrogen-bond donors (Lipinski definition) is 0. The molecule has 1 aliphatic carbocycles. The van der Waals surface area contributed by atoms with Crippen molar-refractivity contribution in [3.63, 3.8) is 0 Å². The smallest absolute Gasteiger partial charge is 0.277 e. The number of nitrogens with zero attached hydrogens (tertiary/aromatic N) is 1. The Hall–Kier alpha value is -2.00. The summed E-state index contributed by atoms with van der Waals surface area (Å²) in [5, 5.41) is 0.570. The normalized spacial score (nSPS) is 17.0. The molecule has 0 unspecified atom stereocenters. The number of allylic oxidation sites excluding steroid dienone is 4. The van der Waals surface area contributed by atoms with Gasteiger partial charge in [0.05, 0.1) is 5.71 Å². The molecule has 21 heavy (non-hydrogen) atoms. The van der Waals surface area contributed by atoms with E-state index in [0.717, 1.165) is 0 Å². The summed E-state index contributed by atoms with van der Waals surface area (Å²) in [6.07, 6.45) is 3.24. The standard InChI is InChI=1S/C17H16ClNO2/c1-10(2)14-9-15(11(3)8-16(14)20)19-17(21)12-4-6-13(18)7-5-12/h4-10H,1-3H3. The van der Waals surface area contributed by atoms with E-state index in [9.17, 15) is 9.59 Å². The molecule has 4 heteroatoms. The highest BCUT2D eigenvalue weighted by Crippen LogP contribution is 2.20. The van der Waals surface area contributed by atoms with Crippen molar-refractivity contribution in [2.75, 3.05) is 0 Å². The molecule has 0 N–H and O–H groups in total. The Morgan fingerprint density at radius 1 is 1.14 bits per heavy atom. The second kappa shape index (κ2) is 6.19. The Morgan fingerprint density at radius 3 is 2.33 bits per heavy atom. The maximum Gasteiger partial charge on any atom is 0.277 e. The Balaban J connectivity index is 2.35. The van der Waals surface area contributed by atoms with Gasteiger partial charge in [0.15, 0.2) is 5.78 Å². The summed E-state index contributed by atoms with van der Waals surface area (Å²) in [5.74, 6) is -0.263. The lowest BCUT2D eigenvalue weighted by Gasteiger charge is -2.14. The largest absolute Gasteiger partial charge is 0.290 e. The van der Waals surface area contributed by atoms with Crippen molar-refractivity contribution < 1.29 is 9.59 Å². The van der Waals surface area contributed by atoms with E-state index < -0.39 is 0 Å². The van der Waals surface area contributed by atoms with E-state index in [1.165, 1.54) is 6.08 Å². The first-order chi connectivity index (χ1) is 9.88. The van der Waals surface area contributed by atoms with E-state index in [1.807, 2.05) is 13.8 Å². The van der Waals surface area contributed by atoms with E-state index in [1.54, 1.807) is 37.3 Å². The summed E-state index contributed by atoms with van der Waals surface area (Å²) >= 11 is 5.80. The maximum atomic E-state index is 12.2. The SMILES string of the molecule is CC1=CC(=O)C(C(C)C)=CC1=NC(=O)c1ccc(Cl)cc1. The van der Waals surface area contributed by atoms with Crippen LogP contribution in [0.25, 0.3) is 0 Å². The molecule has 0 aliphatic heterocycles. The minimum atomic E-state index is -0.344. The summed E-state index contributed by atoms with van der Waals surface area (Å²) in [4.78, 5) is 28.2. The molecule has 3 nitrogen and oxygen atoms in total. The van der Waals surface area contributed by atoms with Gasteiger partial charge in [-0.15, -0.1) is 0 Å². The molecule has 0 saturated heterocycles. The number of amides is 1. The van der Waals surface area contributed by atoms with Gasteiger partial charge in [0, 0.05) is 16.2 Å². The summed E-state index contributed by atoms with van der Waals surface area (Å²) in [7, 11) is 0. The fourth-order valence-corrected chi connectivity index (χ4v) is 2.15. The lowest BCUT2D eigenvalue weighted by molar-refractivity contribution is -0.111. The van der Waals surface area contributed by atoms with Gasteiger partial charge < -0.3 is 0 Å². The van der Waals surface area contributed by atoms with Crippen molar-refractivity contribution in [2.24, 2.45) is 10.9 Å². The predicted molar refractivity (Wildman–Crippen MR) is 84.9 cm³/mol. The molecule has 0 atom stereocenters. The molecular weight excluding hydrogens is 286 g/mol. The number of carbonyl (C=O) groups is 2. The van der Waals surface area contributed by atoms with Crippen LogP contribution in [0.3, 0.4) is 0 Å². The van der Waals surface area contributed by atoms with Gasteiger partial charge in [-0.1, -0.05) is 25.4 Å². The molecule has 0 radical (unpaired) electrons. The molecule has 2 rings (SSSR count). The predicted octanol–water partition coefficient (Wildman–Crippen LogP) is 4.03. The second-order valence-electron chi connectivity index (χ2n) is 5.26. The van der Waals surface area contributed by atoms with Gasteiger partial charge in [-0.25, -0.2) is 4.99 Å². The zero-order chi connectivity index (χ0) is 15.6. The summed E-state index contributed by atoms with van der Waals surface area (Å²) in [6.45, 7) is 5.66. The van der Waals surface area contributed by atoms with Crippen molar-refractivity contribution in [3.05, 3.63) is 58.1 Å². The van der Waals surface area contributed by atoms with Gasteiger partial charge >= 0.3 is 0 Å². The van der Waals surface area contributed by atoms with E-state index >= 15 is 0 Å². The molecule has 0 heterocycles. The average molecular weight is 302 g/mol. The van der Waals surface area contributed by atoms with Gasteiger partial charge in [0.25, 0.3) is 5.91 Å². The second-order valence-corrected chi connectivity index (χ2v) is 5.69. The Morgan fingerprint density at radius 2 is 1.76 bits per heavy atom. The Kier molecular flexibility index (Phi) is 4.53. The third kappa shape index (κ3) is 3.56. The van der Waals surface area contributed by atoms with Crippen LogP contribution in [0.15, 0.2) is 52.6 Å². The molecule has 0 aromatic heterocycles. The average Bonchev–Trinajstić information content (AvgIpc) is 2.42. The summed E-state index contributed by atoms with van der Waals surface area (Å²) in [6, 6.07) is 6.57. The zero-order valence-corrected chi connectivity index (χ0v) is 12.9. The van der Waals surface area contributed by atoms with Gasteiger partial charge in [0.1, 0.15) is 0 Å². The number of halogens is 1. The molecule has 0 saturated carbocycles. The van der Waals surface area contributed by atoms with Crippen LogP contribution in [0, 0.1) is 5.92 Å². The van der Waals surface area contributed by atoms with Crippen molar-refractivity contribution >= 4 is 29.0 Å². The van der Waals surface area contributed by atoms with Crippen LogP contribution in [0.5, 0.6) is 0 Å². The highest BCUT2D eigenvalue weighted by molar-refractivity contribution is 6.30. The number of rotatable bonds is 2. The van der Waals surface area contributed by atoms with Gasteiger partial charge in [-0.3, -0.25) is 9.59 Å². The van der Waals surface area contributed by atoms with Crippen LogP contribution >= 0.6 is 11.6 Å². The fourth-order valence-electron chi connectivity index (χ4n) is 2.02. The molecule has 0 bridgehead atoms. The minimum Gasteiger partial charge on any atom is -0.290 e. The van der Waals surface area contributed by atoms with Gasteiger partial charge in [0.2, 0.25) is 0 Å². The third-order valence-electron chi connectivity index (χ3n) is 3.26. The lowest BCUT2D eigenvalue weighted by Crippen LogP contribution is -2.16. The van der Waals surface area contributed by atoms with Crippen molar-refractivity contribution in [2.45, 2.75) is 20.8 Å². The molecule has 1 aromatic carbocycles. The number of carbonyl (C=O) groups excluding carboxylic acids is 2. The topological polar surface area (TPSA) is 46.5 Å².